The van der Waals surface area contributed by atoms with Crippen molar-refractivity contribution in [3.05, 3.63) is 36.2 Å². The van der Waals surface area contributed by atoms with Crippen LogP contribution in [-0.4, -0.2) is 20.7 Å². The van der Waals surface area contributed by atoms with Crippen molar-refractivity contribution >= 4 is 11.8 Å². The lowest BCUT2D eigenvalue weighted by Crippen LogP contribution is -1.95. The number of rotatable bonds is 3. The van der Waals surface area contributed by atoms with E-state index in [4.69, 9.17) is 0 Å². The molecule has 0 bridgehead atoms. The second kappa shape index (κ2) is 5.07. The van der Waals surface area contributed by atoms with E-state index in [1.807, 2.05) is 31.3 Å². The van der Waals surface area contributed by atoms with Crippen molar-refractivity contribution in [3.8, 4) is 11.4 Å². The fraction of sp³-hybridized carbons (Fsp3) is 0.250. The van der Waals surface area contributed by atoms with Crippen LogP contribution in [0.2, 0.25) is 0 Å². The summed E-state index contributed by atoms with van der Waals surface area (Å²) in [5, 5.41) is 0.814. The van der Waals surface area contributed by atoms with Gasteiger partial charge in [0.1, 0.15) is 0 Å². The number of aromatic nitrogens is 3. The van der Waals surface area contributed by atoms with Crippen molar-refractivity contribution in [1.82, 2.24) is 15.0 Å². The minimum atomic E-state index is 0.814. The molecular weight excluding hydrogens is 218 g/mol. The monoisotopic (exact) mass is 231 g/mol. The average molecular weight is 231 g/mol. The highest BCUT2D eigenvalue weighted by Crippen LogP contribution is 2.21. The molecule has 2 rings (SSSR count). The van der Waals surface area contributed by atoms with Gasteiger partial charge in [0.2, 0.25) is 0 Å². The molecule has 82 valence electrons. The second-order valence-electron chi connectivity index (χ2n) is 3.33. The maximum absolute atomic E-state index is 4.52. The summed E-state index contributed by atoms with van der Waals surface area (Å²) < 4.78 is 0. The highest BCUT2D eigenvalue weighted by Gasteiger charge is 2.06. The zero-order valence-corrected chi connectivity index (χ0v) is 10.2. The fourth-order valence-corrected chi connectivity index (χ4v) is 1.93. The average Bonchev–Trinajstić information content (AvgIpc) is 2.33. The molecule has 3 nitrogen and oxygen atoms in total. The Labute approximate surface area is 99.4 Å². The number of hydrogen-bond donors (Lipinski definition) is 0. The Morgan fingerprint density at radius 1 is 1.25 bits per heavy atom. The third-order valence-corrected chi connectivity index (χ3v) is 2.87. The van der Waals surface area contributed by atoms with Crippen molar-refractivity contribution in [2.45, 2.75) is 19.0 Å². The lowest BCUT2D eigenvalue weighted by Gasteiger charge is -2.05. The van der Waals surface area contributed by atoms with Crippen LogP contribution < -0.4 is 0 Å². The van der Waals surface area contributed by atoms with Gasteiger partial charge in [0.15, 0.2) is 5.16 Å². The summed E-state index contributed by atoms with van der Waals surface area (Å²) in [6.45, 7) is 4.10. The molecule has 0 aromatic carbocycles. The van der Waals surface area contributed by atoms with Crippen molar-refractivity contribution in [3.63, 3.8) is 0 Å². The van der Waals surface area contributed by atoms with Crippen LogP contribution in [0.3, 0.4) is 0 Å². The van der Waals surface area contributed by atoms with Gasteiger partial charge in [-0.3, -0.25) is 4.98 Å². The summed E-state index contributed by atoms with van der Waals surface area (Å²) in [4.78, 5) is 13.1. The third-order valence-electron chi connectivity index (χ3n) is 2.13. The number of thioether (sulfide) groups is 1. The minimum Gasteiger partial charge on any atom is -0.255 e. The standard InChI is InChI=1S/C12H13N3S/c1-3-16-12-14-8-9(2)11(15-12)10-6-4-5-7-13-10/h4-8H,3H2,1-2H3. The van der Waals surface area contributed by atoms with Gasteiger partial charge in [-0.25, -0.2) is 9.97 Å². The Morgan fingerprint density at radius 3 is 2.81 bits per heavy atom. The molecule has 0 fully saturated rings. The molecule has 2 aromatic heterocycles. The number of nitrogens with zero attached hydrogens (tertiary/aromatic N) is 3. The van der Waals surface area contributed by atoms with E-state index in [0.717, 1.165) is 27.9 Å². The van der Waals surface area contributed by atoms with Crippen LogP contribution >= 0.6 is 11.8 Å². The summed E-state index contributed by atoms with van der Waals surface area (Å²) in [5.41, 5.74) is 2.88. The van der Waals surface area contributed by atoms with E-state index in [0.29, 0.717) is 0 Å². The molecule has 16 heavy (non-hydrogen) atoms. The predicted octanol–water partition coefficient (Wildman–Crippen LogP) is 2.96. The first-order valence-electron chi connectivity index (χ1n) is 5.19. The van der Waals surface area contributed by atoms with E-state index < -0.39 is 0 Å². The molecule has 0 saturated heterocycles. The van der Waals surface area contributed by atoms with Gasteiger partial charge in [-0.1, -0.05) is 24.8 Å². The number of pyridine rings is 1. The van der Waals surface area contributed by atoms with Gasteiger partial charge in [0.05, 0.1) is 11.4 Å². The molecule has 2 heterocycles. The van der Waals surface area contributed by atoms with Crippen LogP contribution in [0.1, 0.15) is 12.5 Å². The first kappa shape index (κ1) is 11.1. The van der Waals surface area contributed by atoms with Gasteiger partial charge in [-0.15, -0.1) is 0 Å². The number of hydrogen-bond acceptors (Lipinski definition) is 4. The molecule has 0 unspecified atom stereocenters. The Balaban J connectivity index is 2.43. The van der Waals surface area contributed by atoms with Crippen molar-refractivity contribution in [1.29, 1.82) is 0 Å². The Morgan fingerprint density at radius 2 is 2.12 bits per heavy atom. The summed E-state index contributed by atoms with van der Waals surface area (Å²) in [6, 6.07) is 5.84. The van der Waals surface area contributed by atoms with Crippen LogP contribution in [0.15, 0.2) is 35.7 Å². The molecule has 4 heteroatoms. The van der Waals surface area contributed by atoms with Gasteiger partial charge < -0.3 is 0 Å². The van der Waals surface area contributed by atoms with Crippen LogP contribution in [0.5, 0.6) is 0 Å². The molecule has 0 amide bonds. The first-order valence-corrected chi connectivity index (χ1v) is 6.17. The van der Waals surface area contributed by atoms with Gasteiger partial charge in [-0.05, 0) is 30.4 Å². The Kier molecular flexibility index (Phi) is 3.51. The molecule has 2 aromatic rings. The van der Waals surface area contributed by atoms with E-state index in [1.165, 1.54) is 0 Å². The fourth-order valence-electron chi connectivity index (χ4n) is 1.39. The van der Waals surface area contributed by atoms with Crippen LogP contribution in [0, 0.1) is 6.92 Å². The molecule has 0 aliphatic rings. The summed E-state index contributed by atoms with van der Waals surface area (Å²) in [7, 11) is 0. The van der Waals surface area contributed by atoms with Crippen LogP contribution in [0.25, 0.3) is 11.4 Å². The molecule has 0 radical (unpaired) electrons. The first-order chi connectivity index (χ1) is 7.81. The molecule has 0 saturated carbocycles. The highest BCUT2D eigenvalue weighted by molar-refractivity contribution is 7.99. The van der Waals surface area contributed by atoms with E-state index in [1.54, 1.807) is 18.0 Å². The lowest BCUT2D eigenvalue weighted by atomic mass is 10.2. The zero-order chi connectivity index (χ0) is 11.4. The smallest absolute Gasteiger partial charge is 0.188 e. The van der Waals surface area contributed by atoms with Gasteiger partial charge in [0.25, 0.3) is 0 Å². The predicted molar refractivity (Wildman–Crippen MR) is 66.4 cm³/mol. The van der Waals surface area contributed by atoms with E-state index in [2.05, 4.69) is 21.9 Å². The van der Waals surface area contributed by atoms with E-state index in [-0.39, 0.29) is 0 Å². The maximum Gasteiger partial charge on any atom is 0.188 e. The lowest BCUT2D eigenvalue weighted by molar-refractivity contribution is 0.952. The summed E-state index contributed by atoms with van der Waals surface area (Å²) >= 11 is 1.64. The summed E-state index contributed by atoms with van der Waals surface area (Å²) in [5.74, 6) is 0.977. The zero-order valence-electron chi connectivity index (χ0n) is 9.34. The molecule has 0 N–H and O–H groups in total. The molecule has 0 atom stereocenters. The van der Waals surface area contributed by atoms with Gasteiger partial charge in [0, 0.05) is 12.4 Å². The van der Waals surface area contributed by atoms with Gasteiger partial charge in [-0.2, -0.15) is 0 Å². The normalized spacial score (nSPS) is 10.4. The SMILES string of the molecule is CCSc1ncc(C)c(-c2ccccn2)n1. The molecular formula is C12H13N3S. The molecule has 0 aliphatic heterocycles. The van der Waals surface area contributed by atoms with Gasteiger partial charge >= 0.3 is 0 Å². The van der Waals surface area contributed by atoms with E-state index in [9.17, 15) is 0 Å². The number of aryl methyl sites for hydroxylation is 1. The topological polar surface area (TPSA) is 38.7 Å². The Hall–Kier alpha value is -1.42. The van der Waals surface area contributed by atoms with Crippen molar-refractivity contribution < 1.29 is 0 Å². The summed E-state index contributed by atoms with van der Waals surface area (Å²) in [6.07, 6.45) is 3.64. The molecule has 0 aliphatic carbocycles. The quantitative estimate of drug-likeness (QED) is 0.601. The van der Waals surface area contributed by atoms with E-state index >= 15 is 0 Å². The third kappa shape index (κ3) is 2.39. The molecule has 0 spiro atoms. The Bertz CT molecular complexity index is 471. The van der Waals surface area contributed by atoms with Crippen LogP contribution in [0.4, 0.5) is 0 Å². The second-order valence-corrected chi connectivity index (χ2v) is 4.56. The van der Waals surface area contributed by atoms with Crippen molar-refractivity contribution in [2.24, 2.45) is 0 Å². The highest BCUT2D eigenvalue weighted by atomic mass is 32.2. The van der Waals surface area contributed by atoms with Crippen LogP contribution in [-0.2, 0) is 0 Å². The maximum atomic E-state index is 4.52. The van der Waals surface area contributed by atoms with Crippen molar-refractivity contribution in [2.75, 3.05) is 5.75 Å². The minimum absolute atomic E-state index is 0.814. The largest absolute Gasteiger partial charge is 0.255 e.